The lowest BCUT2D eigenvalue weighted by atomic mass is 9.93. The average Bonchev–Trinajstić information content (AvgIpc) is 2.84. The van der Waals surface area contributed by atoms with Gasteiger partial charge in [-0.25, -0.2) is 0 Å². The molecule has 0 saturated heterocycles. The molecule has 1 fully saturated rings. The van der Waals surface area contributed by atoms with Gasteiger partial charge in [0.05, 0.1) is 6.61 Å². The van der Waals surface area contributed by atoms with Gasteiger partial charge in [0.25, 0.3) is 0 Å². The largest absolute Gasteiger partial charge is 0.409 e. The van der Waals surface area contributed by atoms with E-state index in [9.17, 15) is 13.2 Å². The van der Waals surface area contributed by atoms with Crippen molar-refractivity contribution in [2.24, 2.45) is 5.92 Å². The predicted molar refractivity (Wildman–Crippen MR) is 47.1 cm³/mol. The van der Waals surface area contributed by atoms with E-state index in [1.54, 1.807) is 6.92 Å². The van der Waals surface area contributed by atoms with Gasteiger partial charge in [-0.2, -0.15) is 13.2 Å². The SMILES string of the molecule is CCNC(COC)(C1CC1)C(F)(F)F. The van der Waals surface area contributed by atoms with E-state index in [0.29, 0.717) is 19.4 Å². The van der Waals surface area contributed by atoms with Crippen LogP contribution < -0.4 is 5.32 Å². The fraction of sp³-hybridized carbons (Fsp3) is 1.00. The van der Waals surface area contributed by atoms with Gasteiger partial charge >= 0.3 is 6.18 Å². The molecule has 0 aromatic heterocycles. The van der Waals surface area contributed by atoms with Crippen LogP contribution in [0.1, 0.15) is 19.8 Å². The zero-order valence-electron chi connectivity index (χ0n) is 8.45. The molecule has 0 aromatic rings. The zero-order valence-corrected chi connectivity index (χ0v) is 8.45. The van der Waals surface area contributed by atoms with Gasteiger partial charge in [0, 0.05) is 7.11 Å². The molecule has 1 aliphatic rings. The molecule has 14 heavy (non-hydrogen) atoms. The molecule has 2 nitrogen and oxygen atoms in total. The van der Waals surface area contributed by atoms with Crippen LogP contribution in [0.5, 0.6) is 0 Å². The number of hydrogen-bond donors (Lipinski definition) is 1. The highest BCUT2D eigenvalue weighted by Gasteiger charge is 2.62. The zero-order chi connectivity index (χ0) is 10.8. The van der Waals surface area contributed by atoms with Crippen LogP contribution >= 0.6 is 0 Å². The number of alkyl halides is 3. The number of methoxy groups -OCH3 is 1. The number of nitrogens with one attached hydrogen (secondary N) is 1. The van der Waals surface area contributed by atoms with Gasteiger partial charge in [-0.15, -0.1) is 0 Å². The van der Waals surface area contributed by atoms with E-state index in [1.165, 1.54) is 7.11 Å². The van der Waals surface area contributed by atoms with Gasteiger partial charge in [0.15, 0.2) is 0 Å². The molecule has 84 valence electrons. The van der Waals surface area contributed by atoms with E-state index in [2.05, 4.69) is 5.32 Å². The van der Waals surface area contributed by atoms with Crippen LogP contribution in [0.15, 0.2) is 0 Å². The molecule has 1 aliphatic carbocycles. The summed E-state index contributed by atoms with van der Waals surface area (Å²) < 4.78 is 43.4. The third-order valence-corrected chi connectivity index (χ3v) is 2.64. The first-order chi connectivity index (χ1) is 6.48. The monoisotopic (exact) mass is 211 g/mol. The molecule has 0 bridgehead atoms. The first-order valence-electron chi connectivity index (χ1n) is 4.78. The average molecular weight is 211 g/mol. The Hall–Kier alpha value is -0.290. The van der Waals surface area contributed by atoms with Crippen LogP contribution in [-0.2, 0) is 4.74 Å². The topological polar surface area (TPSA) is 21.3 Å². The summed E-state index contributed by atoms with van der Waals surface area (Å²) in [6.45, 7) is 1.69. The molecule has 0 aromatic carbocycles. The fourth-order valence-electron chi connectivity index (χ4n) is 1.85. The second-order valence-electron chi connectivity index (χ2n) is 3.71. The van der Waals surface area contributed by atoms with Gasteiger partial charge in [-0.05, 0) is 25.3 Å². The van der Waals surface area contributed by atoms with E-state index in [4.69, 9.17) is 4.74 Å². The summed E-state index contributed by atoms with van der Waals surface area (Å²) in [5, 5.41) is 2.55. The van der Waals surface area contributed by atoms with Crippen LogP contribution in [-0.4, -0.2) is 32.0 Å². The molecule has 0 heterocycles. The van der Waals surface area contributed by atoms with Gasteiger partial charge in [-0.1, -0.05) is 6.92 Å². The highest BCUT2D eigenvalue weighted by molar-refractivity contribution is 5.06. The van der Waals surface area contributed by atoms with Crippen molar-refractivity contribution in [3.63, 3.8) is 0 Å². The van der Waals surface area contributed by atoms with Crippen molar-refractivity contribution in [2.45, 2.75) is 31.5 Å². The van der Waals surface area contributed by atoms with Crippen molar-refractivity contribution in [3.8, 4) is 0 Å². The van der Waals surface area contributed by atoms with Crippen molar-refractivity contribution in [1.82, 2.24) is 5.32 Å². The summed E-state index contributed by atoms with van der Waals surface area (Å²) in [4.78, 5) is 0. The second-order valence-corrected chi connectivity index (χ2v) is 3.71. The third-order valence-electron chi connectivity index (χ3n) is 2.64. The molecule has 1 N–H and O–H groups in total. The lowest BCUT2D eigenvalue weighted by Gasteiger charge is -2.36. The molecule has 0 aliphatic heterocycles. The van der Waals surface area contributed by atoms with Crippen molar-refractivity contribution in [3.05, 3.63) is 0 Å². The Kier molecular flexibility index (Phi) is 3.42. The Morgan fingerprint density at radius 3 is 2.21 bits per heavy atom. The minimum absolute atomic E-state index is 0.297. The van der Waals surface area contributed by atoms with Crippen LogP contribution in [0, 0.1) is 5.92 Å². The minimum Gasteiger partial charge on any atom is -0.382 e. The van der Waals surface area contributed by atoms with Gasteiger partial charge in [-0.3, -0.25) is 0 Å². The maximum atomic E-state index is 12.9. The lowest BCUT2D eigenvalue weighted by molar-refractivity contribution is -0.216. The predicted octanol–water partition coefficient (Wildman–Crippen LogP) is 1.95. The van der Waals surface area contributed by atoms with Gasteiger partial charge in [0.1, 0.15) is 5.54 Å². The van der Waals surface area contributed by atoms with Crippen molar-refractivity contribution < 1.29 is 17.9 Å². The number of ether oxygens (including phenoxy) is 1. The molecule has 1 unspecified atom stereocenters. The molecule has 1 saturated carbocycles. The van der Waals surface area contributed by atoms with E-state index in [0.717, 1.165) is 0 Å². The lowest BCUT2D eigenvalue weighted by Crippen LogP contribution is -2.61. The van der Waals surface area contributed by atoms with Crippen molar-refractivity contribution in [1.29, 1.82) is 0 Å². The van der Waals surface area contributed by atoms with E-state index in [1.807, 2.05) is 0 Å². The quantitative estimate of drug-likeness (QED) is 0.750. The fourth-order valence-corrected chi connectivity index (χ4v) is 1.85. The first-order valence-corrected chi connectivity index (χ1v) is 4.78. The maximum Gasteiger partial charge on any atom is 0.409 e. The van der Waals surface area contributed by atoms with Gasteiger partial charge in [0.2, 0.25) is 0 Å². The molecule has 1 atom stereocenters. The van der Waals surface area contributed by atoms with E-state index in [-0.39, 0.29) is 12.5 Å². The van der Waals surface area contributed by atoms with E-state index < -0.39 is 11.7 Å². The first kappa shape index (κ1) is 11.8. The second kappa shape index (κ2) is 4.06. The molecule has 0 amide bonds. The smallest absolute Gasteiger partial charge is 0.382 e. The summed E-state index contributed by atoms with van der Waals surface area (Å²) in [6, 6.07) is 0. The number of rotatable bonds is 5. The van der Waals surface area contributed by atoms with E-state index >= 15 is 0 Å². The van der Waals surface area contributed by atoms with Crippen LogP contribution in [0.2, 0.25) is 0 Å². The Morgan fingerprint density at radius 2 is 1.93 bits per heavy atom. The number of halogens is 3. The summed E-state index contributed by atoms with van der Waals surface area (Å²) >= 11 is 0. The Balaban J connectivity index is 2.83. The minimum atomic E-state index is -4.24. The molecule has 0 radical (unpaired) electrons. The van der Waals surface area contributed by atoms with Crippen LogP contribution in [0.4, 0.5) is 13.2 Å². The van der Waals surface area contributed by atoms with Gasteiger partial charge < -0.3 is 10.1 Å². The summed E-state index contributed by atoms with van der Waals surface area (Å²) in [5.74, 6) is -0.317. The maximum absolute atomic E-state index is 12.9. The summed E-state index contributed by atoms with van der Waals surface area (Å²) in [5.41, 5.74) is -1.82. The molecule has 1 rings (SSSR count). The standard InChI is InChI=1S/C9H16F3NO/c1-3-13-8(6-14-2,7-4-5-7)9(10,11)12/h7,13H,3-6H2,1-2H3. The number of hydrogen-bond acceptors (Lipinski definition) is 2. The Labute approximate surface area is 81.8 Å². The molecule has 0 spiro atoms. The summed E-state index contributed by atoms with van der Waals surface area (Å²) in [7, 11) is 1.31. The number of likely N-dealkylation sites (N-methyl/N-ethyl adjacent to an activating group) is 1. The van der Waals surface area contributed by atoms with Crippen LogP contribution in [0.25, 0.3) is 0 Å². The molecular weight excluding hydrogens is 195 g/mol. The molecular formula is C9H16F3NO. The Bertz CT molecular complexity index is 183. The normalized spacial score (nSPS) is 22.1. The Morgan fingerprint density at radius 1 is 1.36 bits per heavy atom. The highest BCUT2D eigenvalue weighted by Crippen LogP contribution is 2.48. The third kappa shape index (κ3) is 2.03. The molecule has 5 heteroatoms. The highest BCUT2D eigenvalue weighted by atomic mass is 19.4. The van der Waals surface area contributed by atoms with Crippen LogP contribution in [0.3, 0.4) is 0 Å². The van der Waals surface area contributed by atoms with Crippen molar-refractivity contribution in [2.75, 3.05) is 20.3 Å². The van der Waals surface area contributed by atoms with Crippen molar-refractivity contribution >= 4 is 0 Å². The summed E-state index contributed by atoms with van der Waals surface area (Å²) in [6.07, 6.45) is -2.97.